The SMILES string of the molecule is CC(CNC(=O)NCCN1CCNCC1)CC(=O)O. The largest absolute Gasteiger partial charge is 0.481 e. The normalized spacial score (nSPS) is 17.7. The molecular weight excluding hydrogens is 248 g/mol. The third kappa shape index (κ3) is 7.63. The molecule has 0 aromatic rings. The lowest BCUT2D eigenvalue weighted by atomic mass is 10.1. The van der Waals surface area contributed by atoms with Gasteiger partial charge in [-0.1, -0.05) is 6.92 Å². The maximum atomic E-state index is 11.5. The number of rotatable bonds is 7. The molecule has 110 valence electrons. The predicted molar refractivity (Wildman–Crippen MR) is 72.1 cm³/mol. The van der Waals surface area contributed by atoms with Crippen molar-refractivity contribution in [2.45, 2.75) is 13.3 Å². The van der Waals surface area contributed by atoms with E-state index in [0.29, 0.717) is 13.1 Å². The number of amides is 2. The zero-order chi connectivity index (χ0) is 14.1. The van der Waals surface area contributed by atoms with Crippen LogP contribution in [0.2, 0.25) is 0 Å². The Morgan fingerprint density at radius 1 is 1.32 bits per heavy atom. The van der Waals surface area contributed by atoms with Crippen LogP contribution in [0, 0.1) is 5.92 Å². The molecule has 4 N–H and O–H groups in total. The summed E-state index contributed by atoms with van der Waals surface area (Å²) in [5, 5.41) is 17.3. The van der Waals surface area contributed by atoms with Crippen LogP contribution in [0.15, 0.2) is 0 Å². The van der Waals surface area contributed by atoms with Crippen molar-refractivity contribution in [3.05, 3.63) is 0 Å². The van der Waals surface area contributed by atoms with Crippen molar-refractivity contribution in [3.63, 3.8) is 0 Å². The van der Waals surface area contributed by atoms with Crippen LogP contribution in [-0.4, -0.2) is 67.8 Å². The zero-order valence-corrected chi connectivity index (χ0v) is 11.4. The first kappa shape index (κ1) is 15.7. The molecule has 0 saturated carbocycles. The summed E-state index contributed by atoms with van der Waals surface area (Å²) in [6.45, 7) is 7.66. The van der Waals surface area contributed by atoms with Gasteiger partial charge in [0, 0.05) is 52.2 Å². The van der Waals surface area contributed by atoms with Crippen molar-refractivity contribution in [3.8, 4) is 0 Å². The molecule has 1 fully saturated rings. The van der Waals surface area contributed by atoms with Gasteiger partial charge in [-0.25, -0.2) is 4.79 Å². The van der Waals surface area contributed by atoms with E-state index < -0.39 is 5.97 Å². The van der Waals surface area contributed by atoms with Crippen LogP contribution >= 0.6 is 0 Å². The van der Waals surface area contributed by atoms with Crippen LogP contribution in [0.25, 0.3) is 0 Å². The molecule has 1 aliphatic rings. The van der Waals surface area contributed by atoms with Gasteiger partial charge in [-0.3, -0.25) is 9.69 Å². The third-order valence-electron chi connectivity index (χ3n) is 3.06. The summed E-state index contributed by atoms with van der Waals surface area (Å²) in [4.78, 5) is 24.2. The lowest BCUT2D eigenvalue weighted by molar-refractivity contribution is -0.137. The molecule has 0 radical (unpaired) electrons. The molecule has 0 bridgehead atoms. The van der Waals surface area contributed by atoms with Crippen LogP contribution < -0.4 is 16.0 Å². The summed E-state index contributed by atoms with van der Waals surface area (Å²) in [5.41, 5.74) is 0. The van der Waals surface area contributed by atoms with E-state index in [0.717, 1.165) is 32.7 Å². The molecule has 2 amide bonds. The van der Waals surface area contributed by atoms with E-state index in [2.05, 4.69) is 20.9 Å². The number of nitrogens with zero attached hydrogens (tertiary/aromatic N) is 1. The Labute approximate surface area is 113 Å². The Hall–Kier alpha value is -1.34. The summed E-state index contributed by atoms with van der Waals surface area (Å²) in [6.07, 6.45) is 0.0705. The molecule has 0 aliphatic carbocycles. The minimum absolute atomic E-state index is 0.0589. The Bertz CT molecular complexity index is 293. The average molecular weight is 272 g/mol. The third-order valence-corrected chi connectivity index (χ3v) is 3.06. The van der Waals surface area contributed by atoms with Gasteiger partial charge in [0.05, 0.1) is 0 Å². The van der Waals surface area contributed by atoms with Crippen LogP contribution in [0.4, 0.5) is 4.79 Å². The number of nitrogens with one attached hydrogen (secondary N) is 3. The van der Waals surface area contributed by atoms with Gasteiger partial charge < -0.3 is 21.1 Å². The van der Waals surface area contributed by atoms with Crippen molar-refractivity contribution in [2.75, 3.05) is 45.8 Å². The molecule has 1 unspecified atom stereocenters. The van der Waals surface area contributed by atoms with Crippen molar-refractivity contribution < 1.29 is 14.7 Å². The van der Waals surface area contributed by atoms with Gasteiger partial charge >= 0.3 is 12.0 Å². The minimum Gasteiger partial charge on any atom is -0.481 e. The topological polar surface area (TPSA) is 93.7 Å². The van der Waals surface area contributed by atoms with Crippen molar-refractivity contribution in [2.24, 2.45) is 5.92 Å². The smallest absolute Gasteiger partial charge is 0.314 e. The Morgan fingerprint density at radius 2 is 2.00 bits per heavy atom. The number of aliphatic carboxylic acids is 1. The molecule has 19 heavy (non-hydrogen) atoms. The summed E-state index contributed by atoms with van der Waals surface area (Å²) in [6, 6.07) is -0.229. The Balaban J connectivity index is 2.02. The monoisotopic (exact) mass is 272 g/mol. The fourth-order valence-corrected chi connectivity index (χ4v) is 1.96. The van der Waals surface area contributed by atoms with Gasteiger partial charge in [-0.05, 0) is 5.92 Å². The van der Waals surface area contributed by atoms with Crippen molar-refractivity contribution >= 4 is 12.0 Å². The quantitative estimate of drug-likeness (QED) is 0.492. The number of carbonyl (C=O) groups excluding carboxylic acids is 1. The molecule has 1 aliphatic heterocycles. The highest BCUT2D eigenvalue weighted by atomic mass is 16.4. The predicted octanol–water partition coefficient (Wildman–Crippen LogP) is -0.698. The molecule has 0 aromatic heterocycles. The van der Waals surface area contributed by atoms with E-state index in [4.69, 9.17) is 5.11 Å². The van der Waals surface area contributed by atoms with Gasteiger partial charge in [0.25, 0.3) is 0 Å². The van der Waals surface area contributed by atoms with Crippen LogP contribution in [0.5, 0.6) is 0 Å². The van der Waals surface area contributed by atoms with Crippen molar-refractivity contribution in [1.29, 1.82) is 0 Å². The second kappa shape index (κ2) is 8.71. The molecule has 1 heterocycles. The van der Waals surface area contributed by atoms with Crippen molar-refractivity contribution in [1.82, 2.24) is 20.9 Å². The molecule has 0 spiro atoms. The van der Waals surface area contributed by atoms with E-state index in [-0.39, 0.29) is 18.4 Å². The first-order valence-corrected chi connectivity index (χ1v) is 6.74. The number of carbonyl (C=O) groups is 2. The maximum absolute atomic E-state index is 11.5. The molecule has 0 aromatic carbocycles. The fourth-order valence-electron chi connectivity index (χ4n) is 1.96. The molecule has 1 saturated heterocycles. The van der Waals surface area contributed by atoms with E-state index in [1.165, 1.54) is 0 Å². The second-order valence-corrected chi connectivity index (χ2v) is 4.93. The second-order valence-electron chi connectivity index (χ2n) is 4.93. The number of hydrogen-bond acceptors (Lipinski definition) is 4. The summed E-state index contributed by atoms with van der Waals surface area (Å²) >= 11 is 0. The number of urea groups is 1. The summed E-state index contributed by atoms with van der Waals surface area (Å²) in [5.74, 6) is -0.898. The Morgan fingerprint density at radius 3 is 2.63 bits per heavy atom. The Kier molecular flexibility index (Phi) is 7.20. The van der Waals surface area contributed by atoms with Gasteiger partial charge in [-0.15, -0.1) is 0 Å². The standard InChI is InChI=1S/C12H24N4O3/c1-10(8-11(17)18)9-15-12(19)14-4-7-16-5-2-13-3-6-16/h10,13H,2-9H2,1H3,(H,17,18)(H2,14,15,19). The van der Waals surface area contributed by atoms with Gasteiger partial charge in [-0.2, -0.15) is 0 Å². The van der Waals surface area contributed by atoms with Crippen LogP contribution in [-0.2, 0) is 4.79 Å². The number of piperazine rings is 1. The molecule has 7 heteroatoms. The van der Waals surface area contributed by atoms with Gasteiger partial charge in [0.15, 0.2) is 0 Å². The zero-order valence-electron chi connectivity index (χ0n) is 11.4. The highest BCUT2D eigenvalue weighted by Crippen LogP contribution is 1.98. The van der Waals surface area contributed by atoms with E-state index in [1.807, 2.05) is 0 Å². The van der Waals surface area contributed by atoms with Gasteiger partial charge in [0.1, 0.15) is 0 Å². The number of carboxylic acid groups (broad SMARTS) is 1. The van der Waals surface area contributed by atoms with Gasteiger partial charge in [0.2, 0.25) is 0 Å². The van der Waals surface area contributed by atoms with Crippen LogP contribution in [0.1, 0.15) is 13.3 Å². The highest BCUT2D eigenvalue weighted by Gasteiger charge is 2.11. The van der Waals surface area contributed by atoms with E-state index >= 15 is 0 Å². The lowest BCUT2D eigenvalue weighted by Gasteiger charge is -2.27. The first-order valence-electron chi connectivity index (χ1n) is 6.74. The summed E-state index contributed by atoms with van der Waals surface area (Å²) in [7, 11) is 0. The van der Waals surface area contributed by atoms with Crippen LogP contribution in [0.3, 0.4) is 0 Å². The first-order chi connectivity index (χ1) is 9.08. The number of hydrogen-bond donors (Lipinski definition) is 4. The highest BCUT2D eigenvalue weighted by molar-refractivity contribution is 5.74. The lowest BCUT2D eigenvalue weighted by Crippen LogP contribution is -2.47. The molecule has 7 nitrogen and oxygen atoms in total. The molecular formula is C12H24N4O3. The fraction of sp³-hybridized carbons (Fsp3) is 0.833. The number of carboxylic acids is 1. The maximum Gasteiger partial charge on any atom is 0.314 e. The minimum atomic E-state index is -0.839. The van der Waals surface area contributed by atoms with E-state index in [9.17, 15) is 9.59 Å². The molecule has 1 rings (SSSR count). The summed E-state index contributed by atoms with van der Waals surface area (Å²) < 4.78 is 0. The molecule has 1 atom stereocenters. The average Bonchev–Trinajstić information content (AvgIpc) is 2.37. The van der Waals surface area contributed by atoms with E-state index in [1.54, 1.807) is 6.92 Å².